The standard InChI is InChI=1S/C23H17NO5S2/c1-11(30)22(31)24-12-2-5-15(18(8-12)23(27)28)21-16-6-3-13(25)9-19(16)29-20-10-14(26)4-7-17(20)21/h2-11,25,30H,1H3,(H,24,31)(H,27,28). The maximum atomic E-state index is 12.2. The van der Waals surface area contributed by atoms with Gasteiger partial charge in [-0.15, -0.1) is 0 Å². The Kier molecular flexibility index (Phi) is 5.43. The predicted octanol–water partition coefficient (Wildman–Crippen LogP) is 5.03. The van der Waals surface area contributed by atoms with E-state index < -0.39 is 5.97 Å². The van der Waals surface area contributed by atoms with E-state index in [-0.39, 0.29) is 22.0 Å². The summed E-state index contributed by atoms with van der Waals surface area (Å²) in [7, 11) is 0. The van der Waals surface area contributed by atoms with Crippen LogP contribution in [0, 0.1) is 0 Å². The second-order valence-corrected chi connectivity index (χ2v) is 8.26. The number of hydrogen-bond donors (Lipinski definition) is 4. The highest BCUT2D eigenvalue weighted by atomic mass is 32.1. The molecule has 2 aliphatic rings. The lowest BCUT2D eigenvalue weighted by Crippen LogP contribution is -2.18. The number of phenols is 1. The average Bonchev–Trinajstić information content (AvgIpc) is 2.71. The fourth-order valence-corrected chi connectivity index (χ4v) is 3.60. The monoisotopic (exact) mass is 451 g/mol. The first kappa shape index (κ1) is 20.9. The third kappa shape index (κ3) is 3.99. The maximum absolute atomic E-state index is 12.2. The minimum atomic E-state index is -1.12. The molecule has 2 aromatic rings. The van der Waals surface area contributed by atoms with Crippen LogP contribution in [0.2, 0.25) is 0 Å². The number of phenolic OH excluding ortho intramolecular Hbond substituents is 1. The van der Waals surface area contributed by atoms with E-state index in [2.05, 4.69) is 17.9 Å². The first-order chi connectivity index (χ1) is 14.7. The molecule has 6 nitrogen and oxygen atoms in total. The van der Waals surface area contributed by atoms with Gasteiger partial charge in [0.1, 0.15) is 17.1 Å². The molecule has 0 spiro atoms. The van der Waals surface area contributed by atoms with Crippen LogP contribution in [-0.4, -0.2) is 26.4 Å². The minimum Gasteiger partial charge on any atom is -0.508 e. The molecule has 0 fully saturated rings. The van der Waals surface area contributed by atoms with Gasteiger partial charge in [0.25, 0.3) is 0 Å². The number of aromatic hydroxyl groups is 1. The molecule has 2 aromatic carbocycles. The SMILES string of the molecule is CC(S)C(=S)Nc1ccc(-c2c3ccc(=O)cc-3oc3cc(O)ccc23)c(C(=O)O)c1. The summed E-state index contributed by atoms with van der Waals surface area (Å²) in [5.41, 5.74) is 2.28. The lowest BCUT2D eigenvalue weighted by molar-refractivity contribution is 0.0698. The van der Waals surface area contributed by atoms with Crippen molar-refractivity contribution in [2.45, 2.75) is 12.2 Å². The first-order valence-electron chi connectivity index (χ1n) is 9.31. The number of benzene rings is 3. The van der Waals surface area contributed by atoms with E-state index >= 15 is 0 Å². The molecule has 0 bridgehead atoms. The quantitative estimate of drug-likeness (QED) is 0.196. The highest BCUT2D eigenvalue weighted by Crippen LogP contribution is 2.42. The topological polar surface area (TPSA) is 99.8 Å². The van der Waals surface area contributed by atoms with Crippen LogP contribution in [0.1, 0.15) is 17.3 Å². The number of carboxylic acid groups (broad SMARTS) is 1. The highest BCUT2D eigenvalue weighted by molar-refractivity contribution is 7.86. The number of thiol groups is 1. The van der Waals surface area contributed by atoms with Gasteiger partial charge >= 0.3 is 5.97 Å². The second kappa shape index (κ2) is 8.05. The molecule has 3 N–H and O–H groups in total. The van der Waals surface area contributed by atoms with E-state index in [0.29, 0.717) is 44.1 Å². The van der Waals surface area contributed by atoms with Crippen LogP contribution in [-0.2, 0) is 0 Å². The second-order valence-electron chi connectivity index (χ2n) is 7.05. The normalized spacial score (nSPS) is 12.1. The molecule has 156 valence electrons. The lowest BCUT2D eigenvalue weighted by atomic mass is 9.90. The molecule has 0 saturated heterocycles. The van der Waals surface area contributed by atoms with Crippen LogP contribution in [0.4, 0.5) is 5.69 Å². The minimum absolute atomic E-state index is 0.00720. The molecule has 1 heterocycles. The Labute approximate surface area is 187 Å². The van der Waals surface area contributed by atoms with Gasteiger partial charge in [-0.05, 0) is 48.9 Å². The molecule has 0 amide bonds. The van der Waals surface area contributed by atoms with Crippen LogP contribution in [0.15, 0.2) is 63.8 Å². The van der Waals surface area contributed by atoms with Gasteiger partial charge in [0.05, 0.1) is 10.6 Å². The summed E-state index contributed by atoms with van der Waals surface area (Å²) in [6.07, 6.45) is 0. The van der Waals surface area contributed by atoms with Gasteiger partial charge < -0.3 is 19.9 Å². The Morgan fingerprint density at radius 3 is 2.55 bits per heavy atom. The van der Waals surface area contributed by atoms with Crippen molar-refractivity contribution < 1.29 is 19.4 Å². The van der Waals surface area contributed by atoms with E-state index in [1.165, 1.54) is 30.3 Å². The molecule has 0 radical (unpaired) electrons. The first-order valence-corrected chi connectivity index (χ1v) is 10.2. The number of carboxylic acids is 1. The highest BCUT2D eigenvalue weighted by Gasteiger charge is 2.22. The van der Waals surface area contributed by atoms with Crippen molar-refractivity contribution in [2.24, 2.45) is 0 Å². The van der Waals surface area contributed by atoms with Gasteiger partial charge in [0.15, 0.2) is 5.43 Å². The maximum Gasteiger partial charge on any atom is 0.336 e. The molecule has 31 heavy (non-hydrogen) atoms. The molecule has 1 aliphatic carbocycles. The molecule has 8 heteroatoms. The van der Waals surface area contributed by atoms with Crippen LogP contribution >= 0.6 is 24.8 Å². The van der Waals surface area contributed by atoms with E-state index in [1.807, 2.05) is 6.92 Å². The number of rotatable bonds is 4. The van der Waals surface area contributed by atoms with Gasteiger partial charge in [-0.3, -0.25) is 4.79 Å². The fourth-order valence-electron chi connectivity index (χ4n) is 3.41. The van der Waals surface area contributed by atoms with Crippen molar-refractivity contribution in [1.82, 2.24) is 0 Å². The molecular weight excluding hydrogens is 434 g/mol. The molecule has 1 atom stereocenters. The largest absolute Gasteiger partial charge is 0.508 e. The van der Waals surface area contributed by atoms with Crippen LogP contribution in [0.25, 0.3) is 33.4 Å². The number of carbonyl (C=O) groups is 1. The molecule has 1 unspecified atom stereocenters. The molecular formula is C23H17NO5S2. The zero-order chi connectivity index (χ0) is 22.3. The Hall–Kier alpha value is -3.36. The van der Waals surface area contributed by atoms with Gasteiger partial charge in [-0.2, -0.15) is 12.6 Å². The van der Waals surface area contributed by atoms with Crippen molar-refractivity contribution in [3.63, 3.8) is 0 Å². The van der Waals surface area contributed by atoms with Crippen molar-refractivity contribution in [2.75, 3.05) is 5.32 Å². The van der Waals surface area contributed by atoms with Crippen molar-refractivity contribution in [3.05, 3.63) is 70.4 Å². The van der Waals surface area contributed by atoms with Crippen LogP contribution < -0.4 is 10.7 Å². The van der Waals surface area contributed by atoms with Gasteiger partial charge in [0.2, 0.25) is 0 Å². The Balaban J connectivity index is 2.02. The third-order valence-electron chi connectivity index (χ3n) is 4.84. The Bertz CT molecular complexity index is 1380. The number of thiocarbonyl (C=S) groups is 1. The summed E-state index contributed by atoms with van der Waals surface area (Å²) >= 11 is 9.53. The summed E-state index contributed by atoms with van der Waals surface area (Å²) in [4.78, 5) is 24.5. The van der Waals surface area contributed by atoms with Gasteiger partial charge in [-0.25, -0.2) is 4.79 Å². The summed E-state index contributed by atoms with van der Waals surface area (Å²) in [5.74, 6) is -0.832. The predicted molar refractivity (Wildman–Crippen MR) is 128 cm³/mol. The molecule has 4 rings (SSSR count). The van der Waals surface area contributed by atoms with E-state index in [4.69, 9.17) is 16.6 Å². The summed E-state index contributed by atoms with van der Waals surface area (Å²) < 4.78 is 5.83. The Morgan fingerprint density at radius 1 is 1.10 bits per heavy atom. The molecule has 1 aliphatic heterocycles. The molecule has 0 aromatic heterocycles. The number of nitrogens with one attached hydrogen (secondary N) is 1. The number of hydrogen-bond acceptors (Lipinski definition) is 6. The van der Waals surface area contributed by atoms with E-state index in [9.17, 15) is 19.8 Å². The molecule has 0 saturated carbocycles. The third-order valence-corrected chi connectivity index (χ3v) is 5.73. The summed E-state index contributed by atoms with van der Waals surface area (Å²) in [6, 6.07) is 13.8. The zero-order valence-electron chi connectivity index (χ0n) is 16.2. The van der Waals surface area contributed by atoms with Crippen molar-refractivity contribution >= 4 is 52.5 Å². The zero-order valence-corrected chi connectivity index (χ0v) is 18.0. The lowest BCUT2D eigenvalue weighted by Gasteiger charge is -2.18. The van der Waals surface area contributed by atoms with E-state index in [1.54, 1.807) is 24.3 Å². The average molecular weight is 452 g/mol. The summed E-state index contributed by atoms with van der Waals surface area (Å²) in [6.45, 7) is 1.82. The Morgan fingerprint density at radius 2 is 1.84 bits per heavy atom. The number of fused-ring (bicyclic) bond motifs is 2. The number of anilines is 1. The van der Waals surface area contributed by atoms with Crippen molar-refractivity contribution in [1.29, 1.82) is 0 Å². The van der Waals surface area contributed by atoms with Gasteiger partial charge in [-0.1, -0.05) is 18.3 Å². The fraction of sp³-hybridized carbons (Fsp3) is 0.0870. The van der Waals surface area contributed by atoms with Crippen LogP contribution in [0.5, 0.6) is 5.75 Å². The van der Waals surface area contributed by atoms with Crippen molar-refractivity contribution in [3.8, 4) is 28.2 Å². The van der Waals surface area contributed by atoms with Gasteiger partial charge in [0, 0.05) is 39.6 Å². The van der Waals surface area contributed by atoms with Crippen LogP contribution in [0.3, 0.4) is 0 Å². The summed E-state index contributed by atoms with van der Waals surface area (Å²) in [5, 5.41) is 23.2. The van der Waals surface area contributed by atoms with E-state index in [0.717, 1.165) is 0 Å². The smallest absolute Gasteiger partial charge is 0.336 e. The number of aromatic carboxylic acids is 1.